The number of sulfonamides is 1. The number of morpholine rings is 1. The van der Waals surface area contributed by atoms with Gasteiger partial charge in [0.05, 0.1) is 25.2 Å². The average molecular weight is 513 g/mol. The molecule has 1 aromatic heterocycles. The van der Waals surface area contributed by atoms with E-state index in [0.717, 1.165) is 17.4 Å². The van der Waals surface area contributed by atoms with E-state index in [1.54, 1.807) is 0 Å². The van der Waals surface area contributed by atoms with E-state index in [0.29, 0.717) is 18.1 Å². The van der Waals surface area contributed by atoms with Crippen LogP contribution in [0.3, 0.4) is 0 Å². The lowest BCUT2D eigenvalue weighted by Gasteiger charge is -2.25. The van der Waals surface area contributed by atoms with E-state index in [2.05, 4.69) is 21.2 Å². The molecule has 0 atom stereocenters. The molecule has 0 unspecified atom stereocenters. The minimum Gasteiger partial charge on any atom is -0.379 e. The highest BCUT2D eigenvalue weighted by atomic mass is 79.9. The standard InChI is InChI=1S/C17H16BrF3N2O4S2/c18-14-3-1-11(9-13(14)17(19,20)21)22-15(24)10-12-2-4-16(28-12)29(25,26)23-5-7-27-8-6-23/h1-4,9H,5-8,10H2,(H,22,24). The molecule has 1 saturated heterocycles. The van der Waals surface area contributed by atoms with Crippen molar-refractivity contribution in [2.24, 2.45) is 0 Å². The van der Waals surface area contributed by atoms with Gasteiger partial charge in [-0.05, 0) is 30.3 Å². The van der Waals surface area contributed by atoms with Gasteiger partial charge in [0.25, 0.3) is 10.0 Å². The van der Waals surface area contributed by atoms with Gasteiger partial charge in [0.2, 0.25) is 5.91 Å². The molecule has 0 radical (unpaired) electrons. The summed E-state index contributed by atoms with van der Waals surface area (Å²) in [4.78, 5) is 12.7. The molecular weight excluding hydrogens is 497 g/mol. The van der Waals surface area contributed by atoms with E-state index in [9.17, 15) is 26.4 Å². The van der Waals surface area contributed by atoms with E-state index >= 15 is 0 Å². The van der Waals surface area contributed by atoms with Gasteiger partial charge in [-0.25, -0.2) is 8.42 Å². The van der Waals surface area contributed by atoms with E-state index < -0.39 is 27.7 Å². The Morgan fingerprint density at radius 1 is 1.21 bits per heavy atom. The van der Waals surface area contributed by atoms with E-state index in [-0.39, 0.29) is 33.9 Å². The highest BCUT2D eigenvalue weighted by molar-refractivity contribution is 9.10. The largest absolute Gasteiger partial charge is 0.417 e. The number of carbonyl (C=O) groups is 1. The number of hydrogen-bond acceptors (Lipinski definition) is 5. The molecule has 0 saturated carbocycles. The summed E-state index contributed by atoms with van der Waals surface area (Å²) in [6, 6.07) is 6.35. The van der Waals surface area contributed by atoms with Crippen LogP contribution in [0, 0.1) is 0 Å². The first-order valence-corrected chi connectivity index (χ1v) is 11.5. The number of carbonyl (C=O) groups excluding carboxylic acids is 1. The molecule has 2 heterocycles. The second-order valence-electron chi connectivity index (χ2n) is 6.15. The lowest BCUT2D eigenvalue weighted by Crippen LogP contribution is -2.40. The summed E-state index contributed by atoms with van der Waals surface area (Å²) in [6.45, 7) is 1.18. The monoisotopic (exact) mass is 512 g/mol. The Bertz CT molecular complexity index is 1000. The molecule has 0 spiro atoms. The van der Waals surface area contributed by atoms with Crippen LogP contribution in [0.4, 0.5) is 18.9 Å². The molecule has 29 heavy (non-hydrogen) atoms. The van der Waals surface area contributed by atoms with Crippen molar-refractivity contribution in [3.8, 4) is 0 Å². The first kappa shape index (κ1) is 22.2. The molecule has 1 aliphatic rings. The maximum Gasteiger partial charge on any atom is 0.417 e. The minimum absolute atomic E-state index is 0.00300. The van der Waals surface area contributed by atoms with Crippen molar-refractivity contribution in [3.05, 3.63) is 45.2 Å². The van der Waals surface area contributed by atoms with Crippen LogP contribution >= 0.6 is 27.3 Å². The molecule has 2 aromatic rings. The fraction of sp³-hybridized carbons (Fsp3) is 0.353. The molecule has 1 N–H and O–H groups in total. The Morgan fingerprint density at radius 3 is 2.55 bits per heavy atom. The number of rotatable bonds is 5. The number of halogens is 4. The second-order valence-corrected chi connectivity index (χ2v) is 10.3. The number of anilines is 1. The highest BCUT2D eigenvalue weighted by Crippen LogP contribution is 2.36. The molecule has 12 heteroatoms. The number of nitrogens with one attached hydrogen (secondary N) is 1. The number of benzene rings is 1. The summed E-state index contributed by atoms with van der Waals surface area (Å²) < 4.78 is 70.6. The zero-order chi connectivity index (χ0) is 21.2. The number of amides is 1. The third-order valence-electron chi connectivity index (χ3n) is 4.09. The summed E-state index contributed by atoms with van der Waals surface area (Å²) in [7, 11) is -3.65. The van der Waals surface area contributed by atoms with Gasteiger partial charge in [0, 0.05) is 28.1 Å². The first-order chi connectivity index (χ1) is 13.6. The predicted molar refractivity (Wildman–Crippen MR) is 105 cm³/mol. The quantitative estimate of drug-likeness (QED) is 0.662. The van der Waals surface area contributed by atoms with Gasteiger partial charge in [-0.1, -0.05) is 15.9 Å². The van der Waals surface area contributed by atoms with Gasteiger partial charge >= 0.3 is 6.18 Å². The molecule has 6 nitrogen and oxygen atoms in total. The van der Waals surface area contributed by atoms with Gasteiger partial charge in [-0.3, -0.25) is 4.79 Å². The molecule has 0 aliphatic carbocycles. The van der Waals surface area contributed by atoms with Gasteiger partial charge in [-0.15, -0.1) is 11.3 Å². The zero-order valence-electron chi connectivity index (χ0n) is 14.8. The number of hydrogen-bond donors (Lipinski definition) is 1. The Labute approximate surface area is 177 Å². The number of nitrogens with zero attached hydrogens (tertiary/aromatic N) is 1. The van der Waals surface area contributed by atoms with Gasteiger partial charge in [-0.2, -0.15) is 17.5 Å². The Morgan fingerprint density at radius 2 is 1.90 bits per heavy atom. The Hall–Kier alpha value is -1.47. The van der Waals surface area contributed by atoms with Crippen LogP contribution in [0.5, 0.6) is 0 Å². The summed E-state index contributed by atoms with van der Waals surface area (Å²) in [6.07, 6.45) is -4.71. The normalized spacial score (nSPS) is 16.0. The second kappa shape index (κ2) is 8.72. The zero-order valence-corrected chi connectivity index (χ0v) is 18.0. The number of thiophene rings is 1. The predicted octanol–water partition coefficient (Wildman–Crippen LogP) is 3.73. The SMILES string of the molecule is O=C(Cc1ccc(S(=O)(=O)N2CCOCC2)s1)Nc1ccc(Br)c(C(F)(F)F)c1. The lowest BCUT2D eigenvalue weighted by atomic mass is 10.2. The van der Waals surface area contributed by atoms with Crippen molar-refractivity contribution in [2.45, 2.75) is 16.8 Å². The number of ether oxygens (including phenoxy) is 1. The molecule has 1 fully saturated rings. The van der Waals surface area contributed by atoms with Crippen LogP contribution in [0.15, 0.2) is 39.0 Å². The molecule has 1 aromatic carbocycles. The van der Waals surface area contributed by atoms with Crippen molar-refractivity contribution >= 4 is 48.9 Å². The third-order valence-corrected chi connectivity index (χ3v) is 8.23. The van der Waals surface area contributed by atoms with Crippen LogP contribution in [0.2, 0.25) is 0 Å². The minimum atomic E-state index is -4.56. The maximum absolute atomic E-state index is 13.0. The molecular formula is C17H16BrF3N2O4S2. The van der Waals surface area contributed by atoms with Crippen LogP contribution in [-0.4, -0.2) is 44.9 Å². The van der Waals surface area contributed by atoms with Crippen LogP contribution in [0.25, 0.3) is 0 Å². The summed E-state index contributed by atoms with van der Waals surface area (Å²) in [5.41, 5.74) is -0.895. The van der Waals surface area contributed by atoms with E-state index in [1.807, 2.05) is 0 Å². The summed E-state index contributed by atoms with van der Waals surface area (Å²) in [5, 5.41) is 2.41. The van der Waals surface area contributed by atoms with Crippen molar-refractivity contribution in [1.82, 2.24) is 4.31 Å². The molecule has 158 valence electrons. The van der Waals surface area contributed by atoms with E-state index in [1.165, 1.54) is 28.6 Å². The molecule has 0 bridgehead atoms. The molecule has 3 rings (SSSR count). The van der Waals surface area contributed by atoms with Gasteiger partial charge in [0.15, 0.2) is 0 Å². The van der Waals surface area contributed by atoms with Crippen molar-refractivity contribution in [3.63, 3.8) is 0 Å². The topological polar surface area (TPSA) is 75.7 Å². The Kier molecular flexibility index (Phi) is 6.68. The van der Waals surface area contributed by atoms with Crippen LogP contribution < -0.4 is 5.32 Å². The summed E-state index contributed by atoms with van der Waals surface area (Å²) >= 11 is 3.80. The Balaban J connectivity index is 1.68. The van der Waals surface area contributed by atoms with Crippen molar-refractivity contribution in [2.75, 3.05) is 31.6 Å². The fourth-order valence-electron chi connectivity index (χ4n) is 2.69. The van der Waals surface area contributed by atoms with Gasteiger partial charge in [0.1, 0.15) is 4.21 Å². The van der Waals surface area contributed by atoms with Gasteiger partial charge < -0.3 is 10.1 Å². The average Bonchev–Trinajstić information content (AvgIpc) is 3.12. The number of alkyl halides is 3. The smallest absolute Gasteiger partial charge is 0.379 e. The lowest BCUT2D eigenvalue weighted by molar-refractivity contribution is -0.138. The van der Waals surface area contributed by atoms with Crippen molar-refractivity contribution in [1.29, 1.82) is 0 Å². The molecule has 1 amide bonds. The first-order valence-electron chi connectivity index (χ1n) is 8.40. The highest BCUT2D eigenvalue weighted by Gasteiger charge is 2.33. The van der Waals surface area contributed by atoms with Crippen LogP contribution in [0.1, 0.15) is 10.4 Å². The fourth-order valence-corrected chi connectivity index (χ4v) is 6.08. The van der Waals surface area contributed by atoms with Crippen LogP contribution in [-0.2, 0) is 32.2 Å². The van der Waals surface area contributed by atoms with E-state index in [4.69, 9.17) is 4.74 Å². The summed E-state index contributed by atoms with van der Waals surface area (Å²) in [5.74, 6) is -0.544. The maximum atomic E-state index is 13.0. The molecule has 1 aliphatic heterocycles. The van der Waals surface area contributed by atoms with Crippen molar-refractivity contribution < 1.29 is 31.1 Å². The third kappa shape index (κ3) is 5.37.